The van der Waals surface area contributed by atoms with E-state index in [0.717, 1.165) is 6.42 Å². The van der Waals surface area contributed by atoms with Gasteiger partial charge in [0.1, 0.15) is 0 Å². The fourth-order valence-corrected chi connectivity index (χ4v) is 2.57. The molecular weight excluding hydrogens is 220 g/mol. The number of ether oxygens (including phenoxy) is 1. The zero-order valence-corrected chi connectivity index (χ0v) is 10.7. The molecule has 0 radical (unpaired) electrons. The van der Waals surface area contributed by atoms with Crippen LogP contribution in [0.4, 0.5) is 0 Å². The quantitative estimate of drug-likeness (QED) is 0.743. The van der Waals surface area contributed by atoms with Gasteiger partial charge in [-0.1, -0.05) is 54.6 Å². The first kappa shape index (κ1) is 11.5. The molecule has 0 N–H and O–H groups in total. The molecule has 1 heterocycles. The van der Waals surface area contributed by atoms with Crippen LogP contribution >= 0.6 is 0 Å². The lowest BCUT2D eigenvalue weighted by molar-refractivity contribution is 0.0556. The highest BCUT2D eigenvalue weighted by molar-refractivity contribution is 5.63. The van der Waals surface area contributed by atoms with Crippen LogP contribution in [0.15, 0.2) is 54.6 Å². The standard InChI is InChI=1S/C17H18O/c1-13-7-12-17(18-13)16-10-8-15(9-11-16)14-5-3-2-4-6-14/h2-6,8-11,13,17H,7,12H2,1H3/t13-,17-/m0/s1. The Labute approximate surface area is 108 Å². The number of hydrogen-bond donors (Lipinski definition) is 0. The molecule has 0 amide bonds. The van der Waals surface area contributed by atoms with E-state index in [1.807, 2.05) is 6.07 Å². The van der Waals surface area contributed by atoms with Crippen molar-refractivity contribution in [1.29, 1.82) is 0 Å². The molecule has 0 bridgehead atoms. The summed E-state index contributed by atoms with van der Waals surface area (Å²) in [7, 11) is 0. The molecule has 1 aliphatic heterocycles. The molecule has 0 saturated carbocycles. The Morgan fingerprint density at radius 1 is 0.833 bits per heavy atom. The molecule has 2 aromatic rings. The lowest BCUT2D eigenvalue weighted by atomic mass is 10.0. The minimum atomic E-state index is 0.296. The van der Waals surface area contributed by atoms with Crippen LogP contribution in [-0.4, -0.2) is 6.10 Å². The van der Waals surface area contributed by atoms with E-state index in [9.17, 15) is 0 Å². The minimum absolute atomic E-state index is 0.296. The van der Waals surface area contributed by atoms with E-state index in [-0.39, 0.29) is 0 Å². The third kappa shape index (κ3) is 2.32. The van der Waals surface area contributed by atoms with Gasteiger partial charge in [-0.05, 0) is 36.5 Å². The SMILES string of the molecule is C[C@H]1CC[C@@H](c2ccc(-c3ccccc3)cc2)O1. The highest BCUT2D eigenvalue weighted by Crippen LogP contribution is 2.33. The van der Waals surface area contributed by atoms with Crippen LogP contribution in [0.1, 0.15) is 31.4 Å². The Kier molecular flexibility index (Phi) is 3.16. The summed E-state index contributed by atoms with van der Waals surface area (Å²) in [5.74, 6) is 0. The van der Waals surface area contributed by atoms with Gasteiger partial charge in [0, 0.05) is 0 Å². The second-order valence-corrected chi connectivity index (χ2v) is 5.00. The Hall–Kier alpha value is -1.60. The van der Waals surface area contributed by atoms with E-state index in [2.05, 4.69) is 55.5 Å². The van der Waals surface area contributed by atoms with Crippen molar-refractivity contribution < 1.29 is 4.74 Å². The number of rotatable bonds is 2. The fourth-order valence-electron chi connectivity index (χ4n) is 2.57. The monoisotopic (exact) mass is 238 g/mol. The lowest BCUT2D eigenvalue weighted by Crippen LogP contribution is -2.00. The molecule has 18 heavy (non-hydrogen) atoms. The van der Waals surface area contributed by atoms with E-state index < -0.39 is 0 Å². The molecule has 0 unspecified atom stereocenters. The van der Waals surface area contributed by atoms with Crippen molar-refractivity contribution >= 4 is 0 Å². The van der Waals surface area contributed by atoms with Crippen LogP contribution in [0.25, 0.3) is 11.1 Å². The molecule has 1 heteroatoms. The molecule has 2 atom stereocenters. The van der Waals surface area contributed by atoms with Crippen LogP contribution in [0.3, 0.4) is 0 Å². The van der Waals surface area contributed by atoms with Crippen LogP contribution in [0, 0.1) is 0 Å². The Balaban J connectivity index is 1.81. The van der Waals surface area contributed by atoms with E-state index >= 15 is 0 Å². The van der Waals surface area contributed by atoms with Crippen molar-refractivity contribution in [3.8, 4) is 11.1 Å². The maximum atomic E-state index is 5.89. The molecule has 92 valence electrons. The third-order valence-corrected chi connectivity index (χ3v) is 3.62. The van der Waals surface area contributed by atoms with Crippen molar-refractivity contribution in [2.75, 3.05) is 0 Å². The van der Waals surface area contributed by atoms with Gasteiger partial charge in [-0.25, -0.2) is 0 Å². The summed E-state index contributed by atoms with van der Waals surface area (Å²) in [6, 6.07) is 19.3. The summed E-state index contributed by atoms with van der Waals surface area (Å²) in [6.07, 6.45) is 3.02. The maximum absolute atomic E-state index is 5.89. The van der Waals surface area contributed by atoms with Gasteiger partial charge in [-0.15, -0.1) is 0 Å². The van der Waals surface area contributed by atoms with Gasteiger partial charge >= 0.3 is 0 Å². The largest absolute Gasteiger partial charge is 0.371 e. The molecule has 3 rings (SSSR count). The van der Waals surface area contributed by atoms with Crippen LogP contribution in [0.5, 0.6) is 0 Å². The Bertz CT molecular complexity index is 501. The highest BCUT2D eigenvalue weighted by Gasteiger charge is 2.22. The van der Waals surface area contributed by atoms with Crippen molar-refractivity contribution in [2.45, 2.75) is 32.0 Å². The second kappa shape index (κ2) is 4.95. The third-order valence-electron chi connectivity index (χ3n) is 3.62. The van der Waals surface area contributed by atoms with Gasteiger partial charge < -0.3 is 4.74 Å². The summed E-state index contributed by atoms with van der Waals surface area (Å²) in [4.78, 5) is 0. The lowest BCUT2D eigenvalue weighted by Gasteiger charge is -2.12. The van der Waals surface area contributed by atoms with Gasteiger partial charge in [0.2, 0.25) is 0 Å². The predicted octanol–water partition coefficient (Wildman–Crippen LogP) is 4.59. The van der Waals surface area contributed by atoms with Gasteiger partial charge in [0.25, 0.3) is 0 Å². The molecule has 1 fully saturated rings. The van der Waals surface area contributed by atoms with E-state index in [1.165, 1.54) is 23.1 Å². The highest BCUT2D eigenvalue weighted by atomic mass is 16.5. The Morgan fingerprint density at radius 3 is 2.11 bits per heavy atom. The molecule has 1 aliphatic rings. The topological polar surface area (TPSA) is 9.23 Å². The predicted molar refractivity (Wildman–Crippen MR) is 74.4 cm³/mol. The summed E-state index contributed by atoms with van der Waals surface area (Å²) in [5, 5.41) is 0. The summed E-state index contributed by atoms with van der Waals surface area (Å²) < 4.78 is 5.89. The normalized spacial score (nSPS) is 23.2. The van der Waals surface area contributed by atoms with E-state index in [4.69, 9.17) is 4.74 Å². The first-order valence-electron chi connectivity index (χ1n) is 6.64. The first-order chi connectivity index (χ1) is 8.83. The summed E-state index contributed by atoms with van der Waals surface area (Å²) >= 11 is 0. The van der Waals surface area contributed by atoms with E-state index in [0.29, 0.717) is 12.2 Å². The maximum Gasteiger partial charge on any atom is 0.0829 e. The van der Waals surface area contributed by atoms with Crippen LogP contribution in [0.2, 0.25) is 0 Å². The fraction of sp³-hybridized carbons (Fsp3) is 0.294. The van der Waals surface area contributed by atoms with Gasteiger partial charge in [-0.3, -0.25) is 0 Å². The number of hydrogen-bond acceptors (Lipinski definition) is 1. The molecule has 0 spiro atoms. The molecule has 2 aromatic carbocycles. The summed E-state index contributed by atoms with van der Waals surface area (Å²) in [6.45, 7) is 2.15. The van der Waals surface area contributed by atoms with Gasteiger partial charge in [-0.2, -0.15) is 0 Å². The van der Waals surface area contributed by atoms with Crippen molar-refractivity contribution in [3.05, 3.63) is 60.2 Å². The second-order valence-electron chi connectivity index (χ2n) is 5.00. The van der Waals surface area contributed by atoms with Crippen LogP contribution < -0.4 is 0 Å². The number of benzene rings is 2. The van der Waals surface area contributed by atoms with Gasteiger partial charge in [0.05, 0.1) is 12.2 Å². The molecular formula is C17H18O. The van der Waals surface area contributed by atoms with Gasteiger partial charge in [0.15, 0.2) is 0 Å². The average Bonchev–Trinajstić information content (AvgIpc) is 2.87. The smallest absolute Gasteiger partial charge is 0.0829 e. The average molecular weight is 238 g/mol. The van der Waals surface area contributed by atoms with Crippen molar-refractivity contribution in [3.63, 3.8) is 0 Å². The first-order valence-corrected chi connectivity index (χ1v) is 6.64. The molecule has 0 aliphatic carbocycles. The van der Waals surface area contributed by atoms with E-state index in [1.54, 1.807) is 0 Å². The van der Waals surface area contributed by atoms with Crippen molar-refractivity contribution in [1.82, 2.24) is 0 Å². The Morgan fingerprint density at radius 2 is 1.50 bits per heavy atom. The minimum Gasteiger partial charge on any atom is -0.371 e. The van der Waals surface area contributed by atoms with Crippen LogP contribution in [-0.2, 0) is 4.74 Å². The molecule has 1 nitrogen and oxygen atoms in total. The van der Waals surface area contributed by atoms with Crippen molar-refractivity contribution in [2.24, 2.45) is 0 Å². The zero-order valence-electron chi connectivity index (χ0n) is 10.7. The molecule has 0 aromatic heterocycles. The zero-order chi connectivity index (χ0) is 12.4. The molecule has 1 saturated heterocycles. The summed E-state index contributed by atoms with van der Waals surface area (Å²) in [5.41, 5.74) is 3.84.